The first-order valence-corrected chi connectivity index (χ1v) is 7.21. The lowest BCUT2D eigenvalue weighted by atomic mass is 10.1. The highest BCUT2D eigenvalue weighted by molar-refractivity contribution is 5.57. The van der Waals surface area contributed by atoms with Crippen molar-refractivity contribution in [1.29, 1.82) is 0 Å². The van der Waals surface area contributed by atoms with E-state index < -0.39 is 0 Å². The van der Waals surface area contributed by atoms with Crippen molar-refractivity contribution in [2.24, 2.45) is 0 Å². The first kappa shape index (κ1) is 13.4. The van der Waals surface area contributed by atoms with Gasteiger partial charge in [0, 0.05) is 25.2 Å². The third-order valence-corrected chi connectivity index (χ3v) is 3.66. The molecule has 2 heterocycles. The summed E-state index contributed by atoms with van der Waals surface area (Å²) in [6.07, 6.45) is 2.35. The van der Waals surface area contributed by atoms with E-state index in [2.05, 4.69) is 43.0 Å². The van der Waals surface area contributed by atoms with Crippen molar-refractivity contribution in [2.45, 2.75) is 32.6 Å². The lowest BCUT2D eigenvalue weighted by Gasteiger charge is -2.35. The summed E-state index contributed by atoms with van der Waals surface area (Å²) < 4.78 is 11.2. The molecule has 0 aliphatic carbocycles. The highest BCUT2D eigenvalue weighted by Gasteiger charge is 2.21. The molecule has 106 valence electrons. The van der Waals surface area contributed by atoms with Gasteiger partial charge in [-0.2, -0.15) is 0 Å². The molecule has 3 rings (SSSR count). The van der Waals surface area contributed by atoms with Gasteiger partial charge < -0.3 is 9.15 Å². The van der Waals surface area contributed by atoms with Crippen LogP contribution in [0.25, 0.3) is 11.3 Å². The fourth-order valence-electron chi connectivity index (χ4n) is 2.89. The van der Waals surface area contributed by atoms with Gasteiger partial charge in [-0.05, 0) is 31.5 Å². The molecular formula is C17H21NO2. The van der Waals surface area contributed by atoms with E-state index in [1.165, 1.54) is 5.56 Å². The van der Waals surface area contributed by atoms with Gasteiger partial charge in [0.05, 0.1) is 18.5 Å². The quantitative estimate of drug-likeness (QED) is 0.853. The molecule has 1 aromatic heterocycles. The van der Waals surface area contributed by atoms with Crippen molar-refractivity contribution in [3.8, 4) is 11.3 Å². The van der Waals surface area contributed by atoms with Crippen LogP contribution < -0.4 is 0 Å². The van der Waals surface area contributed by atoms with Crippen molar-refractivity contribution in [3.63, 3.8) is 0 Å². The molecule has 1 saturated heterocycles. The molecule has 0 bridgehead atoms. The second-order valence-corrected chi connectivity index (χ2v) is 5.63. The molecule has 3 nitrogen and oxygen atoms in total. The first-order chi connectivity index (χ1) is 9.70. The average Bonchev–Trinajstić information content (AvgIpc) is 2.92. The van der Waals surface area contributed by atoms with E-state index in [0.29, 0.717) is 12.2 Å². The van der Waals surface area contributed by atoms with Crippen molar-refractivity contribution in [1.82, 2.24) is 4.90 Å². The Balaban J connectivity index is 1.66. The molecule has 2 unspecified atom stereocenters. The van der Waals surface area contributed by atoms with Crippen LogP contribution in [0.1, 0.15) is 19.4 Å². The molecule has 1 aromatic carbocycles. The zero-order valence-electron chi connectivity index (χ0n) is 12.1. The zero-order valence-corrected chi connectivity index (χ0v) is 12.1. The van der Waals surface area contributed by atoms with E-state index in [0.717, 1.165) is 31.0 Å². The predicted octanol–water partition coefficient (Wildman–Crippen LogP) is 3.56. The maximum Gasteiger partial charge on any atom is 0.133 e. The fraction of sp³-hybridized carbons (Fsp3) is 0.412. The molecule has 0 radical (unpaired) electrons. The number of hydrogen-bond donors (Lipinski definition) is 0. The van der Waals surface area contributed by atoms with Gasteiger partial charge >= 0.3 is 0 Å². The Morgan fingerprint density at radius 2 is 1.75 bits per heavy atom. The Morgan fingerprint density at radius 1 is 1.05 bits per heavy atom. The van der Waals surface area contributed by atoms with Gasteiger partial charge in [-0.25, -0.2) is 0 Å². The minimum atomic E-state index is 0.321. The summed E-state index contributed by atoms with van der Waals surface area (Å²) in [4.78, 5) is 2.46. The number of furan rings is 1. The van der Waals surface area contributed by atoms with E-state index in [4.69, 9.17) is 9.15 Å². The van der Waals surface area contributed by atoms with Crippen molar-refractivity contribution in [2.75, 3.05) is 13.1 Å². The molecule has 1 aliphatic rings. The van der Waals surface area contributed by atoms with Gasteiger partial charge in [-0.3, -0.25) is 4.90 Å². The fourth-order valence-corrected chi connectivity index (χ4v) is 2.89. The van der Waals surface area contributed by atoms with E-state index in [9.17, 15) is 0 Å². The molecule has 2 atom stereocenters. The average molecular weight is 271 g/mol. The molecule has 0 saturated carbocycles. The second-order valence-electron chi connectivity index (χ2n) is 5.63. The van der Waals surface area contributed by atoms with Gasteiger partial charge in [0.1, 0.15) is 5.76 Å². The lowest BCUT2D eigenvalue weighted by Crippen LogP contribution is -2.44. The van der Waals surface area contributed by atoms with Gasteiger partial charge in [0.15, 0.2) is 0 Å². The molecule has 1 aliphatic heterocycles. The Labute approximate surface area is 120 Å². The minimum absolute atomic E-state index is 0.321. The van der Waals surface area contributed by atoms with Gasteiger partial charge in [-0.1, -0.05) is 24.3 Å². The Kier molecular flexibility index (Phi) is 3.90. The smallest absolute Gasteiger partial charge is 0.133 e. The van der Waals surface area contributed by atoms with Crippen LogP contribution in [0.3, 0.4) is 0 Å². The first-order valence-electron chi connectivity index (χ1n) is 7.21. The van der Waals surface area contributed by atoms with E-state index in [1.54, 1.807) is 6.26 Å². The molecule has 2 aromatic rings. The standard InChI is InChI=1S/C17H21NO2/c1-13-10-18(11-14(2)20-13)12-15-5-7-16(8-6-15)17-4-3-9-19-17/h3-9,13-14H,10-12H2,1-2H3. The third-order valence-electron chi connectivity index (χ3n) is 3.66. The SMILES string of the molecule is CC1CN(Cc2ccc(-c3ccco3)cc2)CC(C)O1. The van der Waals surface area contributed by atoms with E-state index in [1.807, 2.05) is 12.1 Å². The summed E-state index contributed by atoms with van der Waals surface area (Å²) in [6.45, 7) is 7.27. The third kappa shape index (κ3) is 3.11. The zero-order chi connectivity index (χ0) is 13.9. The summed E-state index contributed by atoms with van der Waals surface area (Å²) in [5.74, 6) is 0.921. The Bertz CT molecular complexity index is 523. The summed E-state index contributed by atoms with van der Waals surface area (Å²) in [7, 11) is 0. The normalized spacial score (nSPS) is 23.9. The number of benzene rings is 1. The molecule has 3 heteroatoms. The maximum absolute atomic E-state index is 5.77. The Hall–Kier alpha value is -1.58. The number of ether oxygens (including phenoxy) is 1. The van der Waals surface area contributed by atoms with Gasteiger partial charge in [0.25, 0.3) is 0 Å². The van der Waals surface area contributed by atoms with Crippen LogP contribution in [0.2, 0.25) is 0 Å². The van der Waals surface area contributed by atoms with Crippen molar-refractivity contribution >= 4 is 0 Å². The van der Waals surface area contributed by atoms with Crippen LogP contribution in [-0.2, 0) is 11.3 Å². The number of morpholine rings is 1. The van der Waals surface area contributed by atoms with E-state index in [-0.39, 0.29) is 0 Å². The van der Waals surface area contributed by atoms with Crippen LogP contribution in [-0.4, -0.2) is 30.2 Å². The van der Waals surface area contributed by atoms with Crippen LogP contribution in [0, 0.1) is 0 Å². The summed E-state index contributed by atoms with van der Waals surface area (Å²) in [5.41, 5.74) is 2.46. The van der Waals surface area contributed by atoms with Crippen molar-refractivity contribution in [3.05, 3.63) is 48.2 Å². The second kappa shape index (κ2) is 5.81. The number of nitrogens with zero attached hydrogens (tertiary/aromatic N) is 1. The predicted molar refractivity (Wildman–Crippen MR) is 79.4 cm³/mol. The minimum Gasteiger partial charge on any atom is -0.464 e. The van der Waals surface area contributed by atoms with Crippen LogP contribution in [0.15, 0.2) is 47.1 Å². The maximum atomic E-state index is 5.77. The lowest BCUT2D eigenvalue weighted by molar-refractivity contribution is -0.0704. The molecule has 1 fully saturated rings. The topological polar surface area (TPSA) is 25.6 Å². The summed E-state index contributed by atoms with van der Waals surface area (Å²) in [5, 5.41) is 0. The molecule has 0 spiro atoms. The van der Waals surface area contributed by atoms with Crippen LogP contribution >= 0.6 is 0 Å². The largest absolute Gasteiger partial charge is 0.464 e. The highest BCUT2D eigenvalue weighted by Crippen LogP contribution is 2.21. The van der Waals surface area contributed by atoms with Crippen molar-refractivity contribution < 1.29 is 9.15 Å². The Morgan fingerprint density at radius 3 is 2.35 bits per heavy atom. The van der Waals surface area contributed by atoms with E-state index >= 15 is 0 Å². The van der Waals surface area contributed by atoms with Crippen LogP contribution in [0.5, 0.6) is 0 Å². The molecule has 0 N–H and O–H groups in total. The monoisotopic (exact) mass is 271 g/mol. The summed E-state index contributed by atoms with van der Waals surface area (Å²) in [6, 6.07) is 12.5. The molecule has 20 heavy (non-hydrogen) atoms. The molecule has 0 amide bonds. The van der Waals surface area contributed by atoms with Gasteiger partial charge in [0.2, 0.25) is 0 Å². The summed E-state index contributed by atoms with van der Waals surface area (Å²) >= 11 is 0. The number of hydrogen-bond acceptors (Lipinski definition) is 3. The van der Waals surface area contributed by atoms with Gasteiger partial charge in [-0.15, -0.1) is 0 Å². The number of rotatable bonds is 3. The van der Waals surface area contributed by atoms with Crippen LogP contribution in [0.4, 0.5) is 0 Å². The molecular weight excluding hydrogens is 250 g/mol. The highest BCUT2D eigenvalue weighted by atomic mass is 16.5.